The summed E-state index contributed by atoms with van der Waals surface area (Å²) in [4.78, 5) is 30.3. The number of likely N-dealkylation sites (N-methyl/N-ethyl adjacent to an activating group) is 1. The molecule has 0 unspecified atom stereocenters. The molecule has 1 aromatic carbocycles. The summed E-state index contributed by atoms with van der Waals surface area (Å²) >= 11 is 0. The molecule has 25 heavy (non-hydrogen) atoms. The summed E-state index contributed by atoms with van der Waals surface area (Å²) in [5.41, 5.74) is 3.82. The van der Waals surface area contributed by atoms with Crippen LogP contribution in [0.2, 0.25) is 0 Å². The van der Waals surface area contributed by atoms with E-state index in [4.69, 9.17) is 0 Å². The quantitative estimate of drug-likeness (QED) is 0.782. The number of amides is 2. The number of nitrogens with zero attached hydrogens (tertiary/aromatic N) is 3. The molecule has 6 nitrogen and oxygen atoms in total. The molecule has 1 N–H and O–H groups in total. The van der Waals surface area contributed by atoms with Crippen molar-refractivity contribution in [3.05, 3.63) is 29.3 Å². The van der Waals surface area contributed by atoms with Gasteiger partial charge in [0.05, 0.1) is 0 Å². The van der Waals surface area contributed by atoms with Crippen molar-refractivity contribution in [2.75, 3.05) is 58.3 Å². The van der Waals surface area contributed by atoms with Crippen molar-refractivity contribution in [3.63, 3.8) is 0 Å². The van der Waals surface area contributed by atoms with E-state index < -0.39 is 0 Å². The van der Waals surface area contributed by atoms with Crippen LogP contribution in [0.3, 0.4) is 0 Å². The van der Waals surface area contributed by atoms with Crippen molar-refractivity contribution in [1.29, 1.82) is 0 Å². The van der Waals surface area contributed by atoms with Gasteiger partial charge in [-0.2, -0.15) is 0 Å². The standard InChI is InChI=1S/C19H30N4O2/c1-15-6-5-7-17(16(15)2)22-10-12-23(13-11-22)19(25)14-18(24)20-8-9-21(3)4/h5-7H,8-14H2,1-4H3,(H,20,24). The van der Waals surface area contributed by atoms with Crippen LogP contribution in [0, 0.1) is 13.8 Å². The van der Waals surface area contributed by atoms with Crippen LogP contribution < -0.4 is 10.2 Å². The average Bonchev–Trinajstić information content (AvgIpc) is 2.57. The van der Waals surface area contributed by atoms with Crippen LogP contribution in [-0.2, 0) is 9.59 Å². The Bertz CT molecular complexity index is 607. The topological polar surface area (TPSA) is 55.9 Å². The number of piperazine rings is 1. The highest BCUT2D eigenvalue weighted by atomic mass is 16.2. The molecule has 1 aliphatic rings. The minimum absolute atomic E-state index is 0.0586. The number of nitrogens with one attached hydrogen (secondary N) is 1. The number of rotatable bonds is 6. The average molecular weight is 346 g/mol. The van der Waals surface area contributed by atoms with Crippen LogP contribution >= 0.6 is 0 Å². The van der Waals surface area contributed by atoms with Gasteiger partial charge in [0, 0.05) is 45.0 Å². The maximum Gasteiger partial charge on any atom is 0.232 e. The molecule has 0 spiro atoms. The van der Waals surface area contributed by atoms with E-state index >= 15 is 0 Å². The predicted octanol–water partition coefficient (Wildman–Crippen LogP) is 1.02. The summed E-state index contributed by atoms with van der Waals surface area (Å²) in [6.45, 7) is 8.53. The van der Waals surface area contributed by atoms with Gasteiger partial charge in [0.1, 0.15) is 6.42 Å². The molecule has 1 aromatic rings. The van der Waals surface area contributed by atoms with Gasteiger partial charge >= 0.3 is 0 Å². The SMILES string of the molecule is Cc1cccc(N2CCN(C(=O)CC(=O)NCCN(C)C)CC2)c1C. The highest BCUT2D eigenvalue weighted by molar-refractivity contribution is 5.97. The maximum absolute atomic E-state index is 12.3. The third-order valence-corrected chi connectivity index (χ3v) is 4.74. The first kappa shape index (κ1) is 19.2. The summed E-state index contributed by atoms with van der Waals surface area (Å²) in [7, 11) is 3.90. The van der Waals surface area contributed by atoms with Gasteiger partial charge in [-0.3, -0.25) is 9.59 Å². The molecule has 0 saturated carbocycles. The van der Waals surface area contributed by atoms with E-state index in [1.54, 1.807) is 4.90 Å². The highest BCUT2D eigenvalue weighted by Gasteiger charge is 2.23. The Morgan fingerprint density at radius 3 is 2.44 bits per heavy atom. The molecule has 1 saturated heterocycles. The van der Waals surface area contributed by atoms with Gasteiger partial charge in [-0.25, -0.2) is 0 Å². The van der Waals surface area contributed by atoms with E-state index in [2.05, 4.69) is 42.3 Å². The second-order valence-electron chi connectivity index (χ2n) is 6.92. The van der Waals surface area contributed by atoms with Crippen molar-refractivity contribution in [2.45, 2.75) is 20.3 Å². The molecular formula is C19H30N4O2. The van der Waals surface area contributed by atoms with Crippen molar-refractivity contribution in [3.8, 4) is 0 Å². The van der Waals surface area contributed by atoms with E-state index in [1.165, 1.54) is 16.8 Å². The molecule has 0 aliphatic carbocycles. The fourth-order valence-corrected chi connectivity index (χ4v) is 3.01. The van der Waals surface area contributed by atoms with Crippen molar-refractivity contribution in [2.24, 2.45) is 0 Å². The van der Waals surface area contributed by atoms with Gasteiger partial charge in [-0.1, -0.05) is 12.1 Å². The second-order valence-corrected chi connectivity index (χ2v) is 6.92. The van der Waals surface area contributed by atoms with Crippen molar-refractivity contribution >= 4 is 17.5 Å². The predicted molar refractivity (Wildman–Crippen MR) is 101 cm³/mol. The van der Waals surface area contributed by atoms with E-state index in [0.29, 0.717) is 19.6 Å². The Morgan fingerprint density at radius 2 is 1.80 bits per heavy atom. The fourth-order valence-electron chi connectivity index (χ4n) is 3.01. The van der Waals surface area contributed by atoms with Crippen LogP contribution in [0.15, 0.2) is 18.2 Å². The summed E-state index contributed by atoms with van der Waals surface area (Å²) in [6.07, 6.45) is -0.0586. The van der Waals surface area contributed by atoms with Crippen LogP contribution in [0.1, 0.15) is 17.5 Å². The Labute approximate surface area is 150 Å². The molecule has 0 bridgehead atoms. The van der Waals surface area contributed by atoms with Crippen molar-refractivity contribution in [1.82, 2.24) is 15.1 Å². The summed E-state index contributed by atoms with van der Waals surface area (Å²) in [5.74, 6) is -0.272. The number of carbonyl (C=O) groups is 2. The Kier molecular flexibility index (Phi) is 6.82. The number of aryl methyl sites for hydroxylation is 1. The lowest BCUT2D eigenvalue weighted by Gasteiger charge is -2.37. The Balaban J connectivity index is 1.80. The summed E-state index contributed by atoms with van der Waals surface area (Å²) < 4.78 is 0. The zero-order valence-corrected chi connectivity index (χ0v) is 15.8. The molecule has 0 radical (unpaired) electrons. The van der Waals surface area contributed by atoms with Crippen molar-refractivity contribution < 1.29 is 9.59 Å². The van der Waals surface area contributed by atoms with Gasteiger partial charge in [-0.15, -0.1) is 0 Å². The molecule has 1 fully saturated rings. The van der Waals surface area contributed by atoms with E-state index in [1.807, 2.05) is 19.0 Å². The minimum Gasteiger partial charge on any atom is -0.368 e. The van der Waals surface area contributed by atoms with Crippen LogP contribution in [0.25, 0.3) is 0 Å². The van der Waals surface area contributed by atoms with Gasteiger partial charge in [0.2, 0.25) is 11.8 Å². The molecule has 1 heterocycles. The number of hydrogen-bond donors (Lipinski definition) is 1. The molecule has 6 heteroatoms. The fraction of sp³-hybridized carbons (Fsp3) is 0.579. The molecule has 0 atom stereocenters. The first-order valence-corrected chi connectivity index (χ1v) is 8.89. The Hall–Kier alpha value is -2.08. The van der Waals surface area contributed by atoms with Gasteiger partial charge in [0.25, 0.3) is 0 Å². The summed E-state index contributed by atoms with van der Waals surface area (Å²) in [5, 5.41) is 2.79. The lowest BCUT2D eigenvalue weighted by Crippen LogP contribution is -2.50. The number of hydrogen-bond acceptors (Lipinski definition) is 4. The zero-order valence-electron chi connectivity index (χ0n) is 15.8. The van der Waals surface area contributed by atoms with Gasteiger partial charge in [0.15, 0.2) is 0 Å². The third-order valence-electron chi connectivity index (χ3n) is 4.74. The molecule has 0 aromatic heterocycles. The smallest absolute Gasteiger partial charge is 0.232 e. The van der Waals surface area contributed by atoms with Crippen LogP contribution in [-0.4, -0.2) is 75.0 Å². The Morgan fingerprint density at radius 1 is 1.12 bits per heavy atom. The van der Waals surface area contributed by atoms with Gasteiger partial charge in [-0.05, 0) is 45.1 Å². The highest BCUT2D eigenvalue weighted by Crippen LogP contribution is 2.23. The molecule has 2 amide bonds. The molecule has 2 rings (SSSR count). The number of carbonyl (C=O) groups excluding carboxylic acids is 2. The van der Waals surface area contributed by atoms with E-state index in [0.717, 1.165) is 19.6 Å². The molecule has 1 aliphatic heterocycles. The van der Waals surface area contributed by atoms with Crippen LogP contribution in [0.4, 0.5) is 5.69 Å². The van der Waals surface area contributed by atoms with E-state index in [-0.39, 0.29) is 18.2 Å². The zero-order chi connectivity index (χ0) is 18.4. The third kappa shape index (κ3) is 5.46. The number of benzene rings is 1. The first-order chi connectivity index (χ1) is 11.9. The monoisotopic (exact) mass is 346 g/mol. The molecule has 138 valence electrons. The lowest BCUT2D eigenvalue weighted by atomic mass is 10.1. The molecular weight excluding hydrogens is 316 g/mol. The summed E-state index contributed by atoms with van der Waals surface area (Å²) in [6, 6.07) is 6.33. The largest absolute Gasteiger partial charge is 0.368 e. The second kappa shape index (κ2) is 8.85. The normalized spacial score (nSPS) is 14.8. The number of anilines is 1. The van der Waals surface area contributed by atoms with Gasteiger partial charge < -0.3 is 20.0 Å². The van der Waals surface area contributed by atoms with Crippen LogP contribution in [0.5, 0.6) is 0 Å². The first-order valence-electron chi connectivity index (χ1n) is 8.89. The van der Waals surface area contributed by atoms with E-state index in [9.17, 15) is 9.59 Å². The lowest BCUT2D eigenvalue weighted by molar-refractivity contribution is -0.136. The maximum atomic E-state index is 12.3. The minimum atomic E-state index is -0.191.